The van der Waals surface area contributed by atoms with Gasteiger partial charge in [-0.1, -0.05) is 11.6 Å². The predicted octanol–water partition coefficient (Wildman–Crippen LogP) is 4.23. The highest BCUT2D eigenvalue weighted by atomic mass is 35.5. The molecule has 31 heavy (non-hydrogen) atoms. The Morgan fingerprint density at radius 2 is 1.71 bits per heavy atom. The first-order valence-corrected chi connectivity index (χ1v) is 10.8. The molecule has 1 aliphatic rings. The Morgan fingerprint density at radius 3 is 2.35 bits per heavy atom. The lowest BCUT2D eigenvalue weighted by molar-refractivity contribution is 0.0722. The average Bonchev–Trinajstić information content (AvgIpc) is 3.16. The third-order valence-electron chi connectivity index (χ3n) is 5.20. The summed E-state index contributed by atoms with van der Waals surface area (Å²) in [6.45, 7) is 7.92. The van der Waals surface area contributed by atoms with Crippen LogP contribution in [0.2, 0.25) is 5.02 Å². The van der Waals surface area contributed by atoms with E-state index < -0.39 is 0 Å². The highest BCUT2D eigenvalue weighted by Gasteiger charge is 2.27. The van der Waals surface area contributed by atoms with Gasteiger partial charge in [-0.25, -0.2) is 9.67 Å². The van der Waals surface area contributed by atoms with Gasteiger partial charge in [-0.3, -0.25) is 4.79 Å². The van der Waals surface area contributed by atoms with Gasteiger partial charge < -0.3 is 14.4 Å². The molecule has 0 radical (unpaired) electrons. The molecular weight excluding hydrogens is 416 g/mol. The van der Waals surface area contributed by atoms with Crippen molar-refractivity contribution in [2.24, 2.45) is 0 Å². The smallest absolute Gasteiger partial charge is 0.293 e. The van der Waals surface area contributed by atoms with Crippen molar-refractivity contribution in [2.75, 3.05) is 19.8 Å². The second-order valence-corrected chi connectivity index (χ2v) is 7.72. The second kappa shape index (κ2) is 8.98. The van der Waals surface area contributed by atoms with E-state index in [1.165, 1.54) is 5.56 Å². The maximum atomic E-state index is 13.2. The van der Waals surface area contributed by atoms with Crippen LogP contribution in [-0.4, -0.2) is 45.3 Å². The van der Waals surface area contributed by atoms with E-state index in [0.29, 0.717) is 42.9 Å². The van der Waals surface area contributed by atoms with Gasteiger partial charge in [0, 0.05) is 18.1 Å². The zero-order valence-electron chi connectivity index (χ0n) is 17.9. The monoisotopic (exact) mass is 440 g/mol. The van der Waals surface area contributed by atoms with Crippen LogP contribution in [0.5, 0.6) is 11.5 Å². The fourth-order valence-electron chi connectivity index (χ4n) is 3.72. The van der Waals surface area contributed by atoms with Gasteiger partial charge in [-0.05, 0) is 74.7 Å². The Kier molecular flexibility index (Phi) is 6.13. The first-order chi connectivity index (χ1) is 15.0. The molecule has 1 aliphatic heterocycles. The lowest BCUT2D eigenvalue weighted by atomic mass is 9.98. The highest BCUT2D eigenvalue weighted by molar-refractivity contribution is 6.30. The number of aryl methyl sites for hydroxylation is 1. The molecule has 0 saturated carbocycles. The summed E-state index contributed by atoms with van der Waals surface area (Å²) in [6.07, 6.45) is 0.741. The van der Waals surface area contributed by atoms with E-state index in [1.807, 2.05) is 45.0 Å². The fourth-order valence-corrected chi connectivity index (χ4v) is 3.85. The minimum atomic E-state index is -0.187. The van der Waals surface area contributed by atoms with Crippen LogP contribution in [-0.2, 0) is 13.0 Å². The number of halogens is 1. The number of carbonyl (C=O) groups excluding carboxylic acids is 1. The molecule has 7 nitrogen and oxygen atoms in total. The van der Waals surface area contributed by atoms with E-state index in [1.54, 1.807) is 21.7 Å². The predicted molar refractivity (Wildman–Crippen MR) is 118 cm³/mol. The van der Waals surface area contributed by atoms with Crippen molar-refractivity contribution in [1.29, 1.82) is 0 Å². The first kappa shape index (κ1) is 21.2. The van der Waals surface area contributed by atoms with Gasteiger partial charge in [-0.15, -0.1) is 5.10 Å². The van der Waals surface area contributed by atoms with Crippen LogP contribution >= 0.6 is 11.6 Å². The van der Waals surface area contributed by atoms with E-state index in [4.69, 9.17) is 21.1 Å². The van der Waals surface area contributed by atoms with Gasteiger partial charge in [-0.2, -0.15) is 0 Å². The molecule has 0 unspecified atom stereocenters. The Labute approximate surface area is 186 Å². The topological polar surface area (TPSA) is 69.5 Å². The van der Waals surface area contributed by atoms with Crippen molar-refractivity contribution in [1.82, 2.24) is 19.7 Å². The molecule has 4 rings (SSSR count). The summed E-state index contributed by atoms with van der Waals surface area (Å²) in [5.41, 5.74) is 3.04. The molecule has 162 valence electrons. The van der Waals surface area contributed by atoms with Gasteiger partial charge in [0.1, 0.15) is 5.82 Å². The molecule has 0 N–H and O–H groups in total. The lowest BCUT2D eigenvalue weighted by Gasteiger charge is -2.29. The number of ether oxygens (including phenoxy) is 2. The van der Waals surface area contributed by atoms with Gasteiger partial charge >= 0.3 is 0 Å². The molecule has 3 aromatic rings. The SMILES string of the molecule is CCOc1cc2c(cc1OCC)CN(C(=O)c1nc(C)n(-c3ccc(Cl)cc3)n1)CC2. The number of benzene rings is 2. The number of fused-ring (bicyclic) bond motifs is 1. The minimum Gasteiger partial charge on any atom is -0.490 e. The molecule has 8 heteroatoms. The van der Waals surface area contributed by atoms with Crippen molar-refractivity contribution in [3.05, 3.63) is 64.2 Å². The zero-order chi connectivity index (χ0) is 22.0. The summed E-state index contributed by atoms with van der Waals surface area (Å²) in [4.78, 5) is 19.3. The third kappa shape index (κ3) is 4.37. The number of aromatic nitrogens is 3. The van der Waals surface area contributed by atoms with E-state index >= 15 is 0 Å². The highest BCUT2D eigenvalue weighted by Crippen LogP contribution is 2.34. The van der Waals surface area contributed by atoms with Crippen LogP contribution in [0, 0.1) is 6.92 Å². The first-order valence-electron chi connectivity index (χ1n) is 10.4. The van der Waals surface area contributed by atoms with E-state index in [9.17, 15) is 4.79 Å². The lowest BCUT2D eigenvalue weighted by Crippen LogP contribution is -2.36. The Bertz CT molecular complexity index is 1090. The van der Waals surface area contributed by atoms with Crippen LogP contribution in [0.3, 0.4) is 0 Å². The molecule has 0 atom stereocenters. The molecule has 1 aromatic heterocycles. The van der Waals surface area contributed by atoms with Gasteiger partial charge in [0.05, 0.1) is 18.9 Å². The van der Waals surface area contributed by atoms with Gasteiger partial charge in [0.15, 0.2) is 11.5 Å². The molecule has 0 fully saturated rings. The van der Waals surface area contributed by atoms with Gasteiger partial charge in [0.2, 0.25) is 5.82 Å². The fraction of sp³-hybridized carbons (Fsp3) is 0.348. The molecule has 0 spiro atoms. The maximum Gasteiger partial charge on any atom is 0.293 e. The molecule has 0 aliphatic carbocycles. The normalized spacial score (nSPS) is 13.1. The summed E-state index contributed by atoms with van der Waals surface area (Å²) in [7, 11) is 0. The Morgan fingerprint density at radius 1 is 1.06 bits per heavy atom. The van der Waals surface area contributed by atoms with E-state index in [-0.39, 0.29) is 11.7 Å². The average molecular weight is 441 g/mol. The molecule has 2 aromatic carbocycles. The minimum absolute atomic E-state index is 0.187. The summed E-state index contributed by atoms with van der Waals surface area (Å²) in [5, 5.41) is 5.10. The summed E-state index contributed by atoms with van der Waals surface area (Å²) in [5.74, 6) is 2.10. The molecule has 1 amide bonds. The van der Waals surface area contributed by atoms with Gasteiger partial charge in [0.25, 0.3) is 5.91 Å². The number of amides is 1. The molecular formula is C23H25ClN4O3. The van der Waals surface area contributed by atoms with Crippen molar-refractivity contribution in [3.8, 4) is 17.2 Å². The molecule has 0 bridgehead atoms. The number of rotatable bonds is 6. The van der Waals surface area contributed by atoms with E-state index in [2.05, 4.69) is 10.1 Å². The maximum absolute atomic E-state index is 13.2. The third-order valence-corrected chi connectivity index (χ3v) is 5.45. The number of nitrogens with zero attached hydrogens (tertiary/aromatic N) is 4. The van der Waals surface area contributed by atoms with Crippen molar-refractivity contribution in [2.45, 2.75) is 33.7 Å². The van der Waals surface area contributed by atoms with Crippen molar-refractivity contribution < 1.29 is 14.3 Å². The van der Waals surface area contributed by atoms with Crippen LogP contribution < -0.4 is 9.47 Å². The van der Waals surface area contributed by atoms with Crippen LogP contribution in [0.4, 0.5) is 0 Å². The van der Waals surface area contributed by atoms with E-state index in [0.717, 1.165) is 23.4 Å². The van der Waals surface area contributed by atoms with Crippen LogP contribution in [0.25, 0.3) is 5.69 Å². The molecule has 0 saturated heterocycles. The molecule has 2 heterocycles. The number of hydrogen-bond donors (Lipinski definition) is 0. The van der Waals surface area contributed by atoms with Crippen molar-refractivity contribution >= 4 is 17.5 Å². The summed E-state index contributed by atoms with van der Waals surface area (Å²) < 4.78 is 13.1. The number of hydrogen-bond acceptors (Lipinski definition) is 5. The quantitative estimate of drug-likeness (QED) is 0.573. The van der Waals surface area contributed by atoms with Crippen LogP contribution in [0.15, 0.2) is 36.4 Å². The summed E-state index contributed by atoms with van der Waals surface area (Å²) in [6, 6.07) is 11.3. The zero-order valence-corrected chi connectivity index (χ0v) is 18.6. The summed E-state index contributed by atoms with van der Waals surface area (Å²) >= 11 is 5.97. The second-order valence-electron chi connectivity index (χ2n) is 7.28. The Balaban J connectivity index is 1.57. The Hall–Kier alpha value is -3.06. The largest absolute Gasteiger partial charge is 0.490 e. The van der Waals surface area contributed by atoms with Crippen molar-refractivity contribution in [3.63, 3.8) is 0 Å². The number of carbonyl (C=O) groups is 1. The standard InChI is InChI=1S/C23H25ClN4O3/c1-4-30-20-12-16-10-11-27(14-17(16)13-21(20)31-5-2)23(29)22-25-15(3)28(26-22)19-8-6-18(24)7-9-19/h6-9,12-13H,4-5,10-11,14H2,1-3H3. The van der Waals surface area contributed by atoms with Crippen LogP contribution in [0.1, 0.15) is 41.4 Å².